The predicted molar refractivity (Wildman–Crippen MR) is 78.1 cm³/mol. The third-order valence-electron chi connectivity index (χ3n) is 2.48. The first kappa shape index (κ1) is 16.3. The van der Waals surface area contributed by atoms with E-state index < -0.39 is 17.9 Å². The van der Waals surface area contributed by atoms with Crippen LogP contribution in [0.3, 0.4) is 0 Å². The van der Waals surface area contributed by atoms with Crippen LogP contribution in [0.2, 0.25) is 0 Å². The number of thioether (sulfide) groups is 1. The third-order valence-corrected chi connectivity index (χ3v) is 3.22. The van der Waals surface area contributed by atoms with E-state index in [1.165, 1.54) is 6.08 Å². The first-order chi connectivity index (χ1) is 9.58. The van der Waals surface area contributed by atoms with Gasteiger partial charge in [0.2, 0.25) is 0 Å². The molecule has 0 aromatic heterocycles. The molecule has 1 rings (SSSR count). The molecule has 20 heavy (non-hydrogen) atoms. The van der Waals surface area contributed by atoms with E-state index >= 15 is 0 Å². The topological polar surface area (TPSA) is 75.6 Å². The Kier molecular flexibility index (Phi) is 6.83. The van der Waals surface area contributed by atoms with Crippen LogP contribution in [0.1, 0.15) is 10.4 Å². The second kappa shape index (κ2) is 8.39. The van der Waals surface area contributed by atoms with Gasteiger partial charge in [0.1, 0.15) is 0 Å². The van der Waals surface area contributed by atoms with Crippen molar-refractivity contribution < 1.29 is 19.4 Å². The fourth-order valence-corrected chi connectivity index (χ4v) is 1.84. The Morgan fingerprint density at radius 1 is 1.45 bits per heavy atom. The number of ether oxygens (including phenoxy) is 1. The lowest BCUT2D eigenvalue weighted by atomic mass is 10.2. The highest BCUT2D eigenvalue weighted by molar-refractivity contribution is 7.98. The number of hydrogen-bond acceptors (Lipinski definition) is 4. The summed E-state index contributed by atoms with van der Waals surface area (Å²) in [5.74, 6) is -1.57. The average molecular weight is 295 g/mol. The molecule has 1 unspecified atom stereocenters. The Labute approximate surface area is 122 Å². The number of aliphatic carboxylic acids is 1. The van der Waals surface area contributed by atoms with Gasteiger partial charge in [-0.15, -0.1) is 18.3 Å². The molecule has 1 aromatic carbocycles. The quantitative estimate of drug-likeness (QED) is 0.434. The molecular weight excluding hydrogens is 278 g/mol. The fraction of sp³-hybridized carbons (Fsp3) is 0.286. The Hall–Kier alpha value is -1.79. The summed E-state index contributed by atoms with van der Waals surface area (Å²) in [5, 5.41) is 11.5. The number of amides is 1. The zero-order valence-electron chi connectivity index (χ0n) is 11.2. The van der Waals surface area contributed by atoms with Crippen molar-refractivity contribution in [2.24, 2.45) is 0 Å². The highest BCUT2D eigenvalue weighted by Crippen LogP contribution is 2.14. The molecule has 5 nitrogen and oxygen atoms in total. The number of hydrogen-bond donors (Lipinski definition) is 2. The summed E-state index contributed by atoms with van der Waals surface area (Å²) in [6, 6.07) is 5.85. The van der Waals surface area contributed by atoms with E-state index in [4.69, 9.17) is 9.84 Å². The predicted octanol–water partition coefficient (Wildman–Crippen LogP) is 1.79. The summed E-state index contributed by atoms with van der Waals surface area (Å²) in [7, 11) is 0. The van der Waals surface area contributed by atoms with Crippen molar-refractivity contribution >= 4 is 23.6 Å². The molecule has 0 aliphatic rings. The van der Waals surface area contributed by atoms with E-state index in [0.29, 0.717) is 5.56 Å². The van der Waals surface area contributed by atoms with E-state index in [0.717, 1.165) is 4.90 Å². The maximum Gasteiger partial charge on any atom is 0.328 e. The molecule has 0 bridgehead atoms. The summed E-state index contributed by atoms with van der Waals surface area (Å²) in [4.78, 5) is 24.0. The highest BCUT2D eigenvalue weighted by Gasteiger charge is 2.20. The molecule has 108 valence electrons. The number of carboxylic acids is 1. The number of benzene rings is 1. The van der Waals surface area contributed by atoms with Gasteiger partial charge in [-0.05, 0) is 30.5 Å². The summed E-state index contributed by atoms with van der Waals surface area (Å²) < 4.78 is 5.06. The average Bonchev–Trinajstić information content (AvgIpc) is 2.46. The number of carbonyl (C=O) groups is 2. The van der Waals surface area contributed by atoms with E-state index in [1.54, 1.807) is 23.9 Å². The smallest absolute Gasteiger partial charge is 0.328 e. The van der Waals surface area contributed by atoms with Crippen LogP contribution in [-0.4, -0.2) is 42.5 Å². The van der Waals surface area contributed by atoms with Crippen LogP contribution in [-0.2, 0) is 9.53 Å². The number of carbonyl (C=O) groups excluding carboxylic acids is 1. The molecule has 0 saturated carbocycles. The number of carboxylic acid groups (broad SMARTS) is 1. The van der Waals surface area contributed by atoms with E-state index in [9.17, 15) is 9.59 Å². The zero-order chi connectivity index (χ0) is 15.0. The lowest BCUT2D eigenvalue weighted by Gasteiger charge is -2.14. The normalized spacial score (nSPS) is 11.7. The molecule has 6 heteroatoms. The van der Waals surface area contributed by atoms with Crippen LogP contribution in [0.4, 0.5) is 0 Å². The van der Waals surface area contributed by atoms with Gasteiger partial charge in [-0.1, -0.05) is 6.08 Å². The van der Waals surface area contributed by atoms with Crippen LogP contribution in [0.25, 0.3) is 0 Å². The van der Waals surface area contributed by atoms with E-state index in [-0.39, 0.29) is 13.2 Å². The monoisotopic (exact) mass is 295 g/mol. The third kappa shape index (κ3) is 5.07. The first-order valence-electron chi connectivity index (χ1n) is 5.95. The Balaban J connectivity index is 2.64. The Morgan fingerprint density at radius 2 is 2.10 bits per heavy atom. The molecule has 0 spiro atoms. The molecule has 1 amide bonds. The molecule has 2 N–H and O–H groups in total. The van der Waals surface area contributed by atoms with Gasteiger partial charge in [0, 0.05) is 10.5 Å². The molecule has 0 aliphatic heterocycles. The minimum absolute atomic E-state index is 0.101. The van der Waals surface area contributed by atoms with Crippen molar-refractivity contribution in [3.05, 3.63) is 42.5 Å². The molecule has 1 atom stereocenters. The van der Waals surface area contributed by atoms with Gasteiger partial charge in [-0.25, -0.2) is 4.79 Å². The minimum Gasteiger partial charge on any atom is -0.480 e. The van der Waals surface area contributed by atoms with Gasteiger partial charge < -0.3 is 15.2 Å². The van der Waals surface area contributed by atoms with Gasteiger partial charge in [-0.3, -0.25) is 4.79 Å². The standard InChI is InChI=1S/C14H17NO4S/c1-3-8-19-9-12(14(17)18)15-13(16)10-4-6-11(20-2)7-5-10/h3-7,12H,1,8-9H2,2H3,(H,15,16)(H,17,18). The van der Waals surface area contributed by atoms with Crippen molar-refractivity contribution in [1.82, 2.24) is 5.32 Å². The summed E-state index contributed by atoms with van der Waals surface area (Å²) in [6.07, 6.45) is 3.45. The largest absolute Gasteiger partial charge is 0.480 e. The van der Waals surface area contributed by atoms with Crippen LogP contribution in [0.5, 0.6) is 0 Å². The second-order valence-corrected chi connectivity index (χ2v) is 4.80. The molecule has 0 fully saturated rings. The van der Waals surface area contributed by atoms with E-state index in [1.807, 2.05) is 18.4 Å². The number of rotatable bonds is 8. The van der Waals surface area contributed by atoms with Gasteiger partial charge in [0.15, 0.2) is 6.04 Å². The van der Waals surface area contributed by atoms with E-state index in [2.05, 4.69) is 11.9 Å². The highest BCUT2D eigenvalue weighted by atomic mass is 32.2. The maximum absolute atomic E-state index is 11.9. The van der Waals surface area contributed by atoms with Crippen LogP contribution >= 0.6 is 11.8 Å². The van der Waals surface area contributed by atoms with Crippen molar-refractivity contribution in [1.29, 1.82) is 0 Å². The molecule has 0 saturated heterocycles. The number of nitrogens with one attached hydrogen (secondary N) is 1. The minimum atomic E-state index is -1.14. The zero-order valence-corrected chi connectivity index (χ0v) is 12.0. The first-order valence-corrected chi connectivity index (χ1v) is 7.17. The molecule has 1 aromatic rings. The molecule has 0 heterocycles. The van der Waals surface area contributed by atoms with Crippen molar-refractivity contribution in [3.8, 4) is 0 Å². The van der Waals surface area contributed by atoms with Crippen molar-refractivity contribution in [3.63, 3.8) is 0 Å². The molecule has 0 aliphatic carbocycles. The van der Waals surface area contributed by atoms with Crippen molar-refractivity contribution in [2.45, 2.75) is 10.9 Å². The molecular formula is C14H17NO4S. The molecule has 0 radical (unpaired) electrons. The summed E-state index contributed by atoms with van der Waals surface area (Å²) >= 11 is 1.57. The van der Waals surface area contributed by atoms with Crippen LogP contribution in [0, 0.1) is 0 Å². The van der Waals surface area contributed by atoms with Crippen LogP contribution in [0.15, 0.2) is 41.8 Å². The van der Waals surface area contributed by atoms with Crippen molar-refractivity contribution in [2.75, 3.05) is 19.5 Å². The SMILES string of the molecule is C=CCOCC(NC(=O)c1ccc(SC)cc1)C(=O)O. The Morgan fingerprint density at radius 3 is 2.60 bits per heavy atom. The summed E-state index contributed by atoms with van der Waals surface area (Å²) in [5.41, 5.74) is 0.415. The summed E-state index contributed by atoms with van der Waals surface area (Å²) in [6.45, 7) is 3.60. The van der Waals surface area contributed by atoms with Gasteiger partial charge in [0.25, 0.3) is 5.91 Å². The maximum atomic E-state index is 11.9. The van der Waals surface area contributed by atoms with Crippen LogP contribution < -0.4 is 5.32 Å². The fourth-order valence-electron chi connectivity index (χ4n) is 1.43. The lowest BCUT2D eigenvalue weighted by Crippen LogP contribution is -2.44. The second-order valence-electron chi connectivity index (χ2n) is 3.92. The lowest BCUT2D eigenvalue weighted by molar-refractivity contribution is -0.140. The van der Waals surface area contributed by atoms with Gasteiger partial charge >= 0.3 is 5.97 Å². The van der Waals surface area contributed by atoms with Gasteiger partial charge in [-0.2, -0.15) is 0 Å². The van der Waals surface area contributed by atoms with Gasteiger partial charge in [0.05, 0.1) is 13.2 Å². The Bertz CT molecular complexity index is 473.